The van der Waals surface area contributed by atoms with E-state index in [-0.39, 0.29) is 0 Å². The second kappa shape index (κ2) is 5.80. The first kappa shape index (κ1) is 18.4. The summed E-state index contributed by atoms with van der Waals surface area (Å²) in [5.41, 5.74) is 0. The van der Waals surface area contributed by atoms with Crippen molar-refractivity contribution in [2.24, 2.45) is 0 Å². The fourth-order valence-electron chi connectivity index (χ4n) is 0.978. The second-order valence-corrected chi connectivity index (χ2v) is 5.60. The van der Waals surface area contributed by atoms with E-state index in [1.165, 1.54) is 31.9 Å². The van der Waals surface area contributed by atoms with Crippen LogP contribution in [0.15, 0.2) is 0 Å². The lowest BCUT2D eigenvalue weighted by molar-refractivity contribution is -0.159. The third-order valence-corrected chi connectivity index (χ3v) is 3.22. The molecule has 0 atom stereocenters. The van der Waals surface area contributed by atoms with Crippen LogP contribution in [-0.2, 0) is 0 Å². The first-order valence-electron chi connectivity index (χ1n) is 4.60. The second-order valence-electron chi connectivity index (χ2n) is 3.61. The summed E-state index contributed by atoms with van der Waals surface area (Å²) in [5.74, 6) is -8.83. The molecule has 0 amide bonds. The quantitative estimate of drug-likeness (QED) is 0.280. The summed E-state index contributed by atoms with van der Waals surface area (Å²) in [6, 6.07) is 0. The maximum absolute atomic E-state index is 12.6. The van der Waals surface area contributed by atoms with Crippen LogP contribution in [-0.4, -0.2) is 21.5 Å². The number of alkyl halides is 10. The van der Waals surface area contributed by atoms with Gasteiger partial charge in [-0.15, -0.1) is 0 Å². The number of unbranched alkanes of at least 4 members (excludes halogenated alkanes) is 1. The van der Waals surface area contributed by atoms with Crippen molar-refractivity contribution >= 4 is 31.9 Å². The van der Waals surface area contributed by atoms with E-state index in [0.717, 1.165) is 0 Å². The van der Waals surface area contributed by atoms with Gasteiger partial charge in [0, 0.05) is 12.8 Å². The average molecular weight is 416 g/mol. The molecular weight excluding hydrogens is 408 g/mol. The number of hydrogen-bond donors (Lipinski definition) is 0. The Morgan fingerprint density at radius 3 is 0.944 bits per heavy atom. The lowest BCUT2D eigenvalue weighted by Crippen LogP contribution is -2.36. The Kier molecular flexibility index (Phi) is 5.93. The minimum atomic E-state index is -4.46. The number of rotatable bonds is 7. The zero-order valence-electron chi connectivity index (χ0n) is 8.61. The van der Waals surface area contributed by atoms with Gasteiger partial charge in [-0.2, -0.15) is 35.1 Å². The van der Waals surface area contributed by atoms with Crippen molar-refractivity contribution in [1.29, 1.82) is 0 Å². The molecule has 0 saturated carbocycles. The molecule has 10 heteroatoms. The Morgan fingerprint density at radius 2 is 0.778 bits per heavy atom. The van der Waals surface area contributed by atoms with Crippen molar-refractivity contribution in [3.05, 3.63) is 0 Å². The van der Waals surface area contributed by atoms with E-state index in [0.29, 0.717) is 0 Å². The molecule has 0 unspecified atom stereocenters. The van der Waals surface area contributed by atoms with Gasteiger partial charge in [0.2, 0.25) is 0 Å². The summed E-state index contributed by atoms with van der Waals surface area (Å²) in [4.78, 5) is -8.91. The highest BCUT2D eigenvalue weighted by atomic mass is 79.9. The molecule has 0 aromatic carbocycles. The van der Waals surface area contributed by atoms with Gasteiger partial charge >= 0.3 is 21.5 Å². The molecular formula is C8H8Br2F8. The van der Waals surface area contributed by atoms with Gasteiger partial charge in [0.15, 0.2) is 0 Å². The maximum atomic E-state index is 12.6. The molecule has 110 valence electrons. The van der Waals surface area contributed by atoms with Gasteiger partial charge < -0.3 is 0 Å². The first-order chi connectivity index (χ1) is 7.71. The Balaban J connectivity index is 4.17. The van der Waals surface area contributed by atoms with Gasteiger partial charge in [0.1, 0.15) is 0 Å². The lowest BCUT2D eigenvalue weighted by Gasteiger charge is -2.23. The molecule has 18 heavy (non-hydrogen) atoms. The Labute approximate surface area is 114 Å². The molecule has 0 fully saturated rings. The third kappa shape index (κ3) is 5.18. The molecule has 0 rings (SSSR count). The molecule has 0 aliphatic rings. The molecule has 0 aromatic heterocycles. The summed E-state index contributed by atoms with van der Waals surface area (Å²) in [6.07, 6.45) is -4.22. The predicted molar refractivity (Wildman–Crippen MR) is 56.1 cm³/mol. The van der Waals surface area contributed by atoms with Gasteiger partial charge in [-0.25, -0.2) is 0 Å². The molecule has 0 radical (unpaired) electrons. The summed E-state index contributed by atoms with van der Waals surface area (Å²) >= 11 is 2.93. The highest BCUT2D eigenvalue weighted by molar-refractivity contribution is 9.10. The fraction of sp³-hybridized carbons (Fsp3) is 1.00. The maximum Gasteiger partial charge on any atom is 0.363 e. The summed E-state index contributed by atoms with van der Waals surface area (Å²) in [5, 5.41) is 0. The smallest absolute Gasteiger partial charge is 0.199 e. The normalized spacial score (nSPS) is 15.0. The standard InChI is InChI=1S/C8H8Br2F8/c9-7(15,16)5(11,12)3-1-2-4-6(13,14)8(10,17)18/h1-4H2. The molecule has 0 nitrogen and oxygen atoms in total. The molecule has 0 N–H and O–H groups in total. The summed E-state index contributed by atoms with van der Waals surface area (Å²) in [6.45, 7) is 0. The Bertz CT molecular complexity index is 239. The predicted octanol–water partition coefficient (Wildman–Crippen LogP) is 5.79. The van der Waals surface area contributed by atoms with E-state index in [9.17, 15) is 35.1 Å². The summed E-state index contributed by atoms with van der Waals surface area (Å²) in [7, 11) is 0. The van der Waals surface area contributed by atoms with Crippen molar-refractivity contribution in [3.63, 3.8) is 0 Å². The minimum Gasteiger partial charge on any atom is -0.199 e. The summed E-state index contributed by atoms with van der Waals surface area (Å²) < 4.78 is 99.5. The van der Waals surface area contributed by atoms with Crippen molar-refractivity contribution in [2.45, 2.75) is 47.2 Å². The molecule has 0 spiro atoms. The van der Waals surface area contributed by atoms with Crippen LogP contribution >= 0.6 is 31.9 Å². The topological polar surface area (TPSA) is 0 Å². The minimum absolute atomic E-state index is 0.729. The number of hydrogen-bond acceptors (Lipinski definition) is 0. The Hall–Kier alpha value is 0.400. The van der Waals surface area contributed by atoms with E-state index >= 15 is 0 Å². The van der Waals surface area contributed by atoms with Crippen LogP contribution in [0.1, 0.15) is 25.7 Å². The van der Waals surface area contributed by atoms with Gasteiger partial charge in [-0.3, -0.25) is 0 Å². The van der Waals surface area contributed by atoms with Crippen LogP contribution in [0.4, 0.5) is 35.1 Å². The monoisotopic (exact) mass is 414 g/mol. The van der Waals surface area contributed by atoms with Crippen LogP contribution in [0.25, 0.3) is 0 Å². The first-order valence-corrected chi connectivity index (χ1v) is 6.18. The van der Waals surface area contributed by atoms with Gasteiger partial charge in [0.05, 0.1) is 0 Å². The number of halogens is 10. The molecule has 0 saturated heterocycles. The molecule has 0 bridgehead atoms. The average Bonchev–Trinajstić information content (AvgIpc) is 2.08. The lowest BCUT2D eigenvalue weighted by atomic mass is 10.1. The van der Waals surface area contributed by atoms with Crippen LogP contribution in [0.2, 0.25) is 0 Å². The molecule has 0 aliphatic heterocycles. The van der Waals surface area contributed by atoms with Crippen molar-refractivity contribution < 1.29 is 35.1 Å². The van der Waals surface area contributed by atoms with Crippen LogP contribution in [0.3, 0.4) is 0 Å². The van der Waals surface area contributed by atoms with Gasteiger partial charge in [-0.1, -0.05) is 0 Å². The Morgan fingerprint density at radius 1 is 0.556 bits per heavy atom. The van der Waals surface area contributed by atoms with E-state index in [2.05, 4.69) is 0 Å². The van der Waals surface area contributed by atoms with Gasteiger partial charge in [0.25, 0.3) is 0 Å². The SMILES string of the molecule is FC(F)(Br)C(F)(F)CCCCC(F)(F)C(F)(F)Br. The van der Waals surface area contributed by atoms with E-state index in [4.69, 9.17) is 0 Å². The van der Waals surface area contributed by atoms with E-state index in [1.807, 2.05) is 0 Å². The van der Waals surface area contributed by atoms with E-state index in [1.54, 1.807) is 0 Å². The van der Waals surface area contributed by atoms with Crippen molar-refractivity contribution in [3.8, 4) is 0 Å². The molecule has 0 aliphatic carbocycles. The third-order valence-electron chi connectivity index (χ3n) is 2.06. The fourth-order valence-corrected chi connectivity index (χ4v) is 1.37. The molecule has 0 aromatic rings. The van der Waals surface area contributed by atoms with E-state index < -0.39 is 47.2 Å². The largest absolute Gasteiger partial charge is 0.363 e. The zero-order valence-corrected chi connectivity index (χ0v) is 11.8. The van der Waals surface area contributed by atoms with Crippen LogP contribution in [0, 0.1) is 0 Å². The highest BCUT2D eigenvalue weighted by Gasteiger charge is 2.55. The van der Waals surface area contributed by atoms with Crippen LogP contribution in [0.5, 0.6) is 0 Å². The van der Waals surface area contributed by atoms with Crippen molar-refractivity contribution in [1.82, 2.24) is 0 Å². The highest BCUT2D eigenvalue weighted by Crippen LogP contribution is 2.45. The van der Waals surface area contributed by atoms with Crippen molar-refractivity contribution in [2.75, 3.05) is 0 Å². The van der Waals surface area contributed by atoms with Crippen LogP contribution < -0.4 is 0 Å². The zero-order chi connectivity index (χ0) is 14.8. The molecule has 0 heterocycles. The van der Waals surface area contributed by atoms with Gasteiger partial charge in [-0.05, 0) is 44.7 Å².